The molecule has 140 valence electrons. The first-order valence-corrected chi connectivity index (χ1v) is 9.91. The molecule has 0 bridgehead atoms. The Labute approximate surface area is 151 Å². The molecule has 0 unspecified atom stereocenters. The van der Waals surface area contributed by atoms with Gasteiger partial charge in [-0.3, -0.25) is 0 Å². The van der Waals surface area contributed by atoms with Crippen molar-refractivity contribution < 1.29 is 0 Å². The van der Waals surface area contributed by atoms with Crippen LogP contribution in [0.15, 0.2) is 4.99 Å². The first-order valence-electron chi connectivity index (χ1n) is 9.91. The van der Waals surface area contributed by atoms with Crippen LogP contribution < -0.4 is 10.6 Å². The van der Waals surface area contributed by atoms with Crippen molar-refractivity contribution in [2.75, 3.05) is 32.7 Å². The fraction of sp³-hybridized carbons (Fsp3) is 0.833. The van der Waals surface area contributed by atoms with Gasteiger partial charge in [0, 0.05) is 26.1 Å². The maximum Gasteiger partial charge on any atom is 0.191 e. The van der Waals surface area contributed by atoms with E-state index in [2.05, 4.69) is 49.1 Å². The molecule has 7 nitrogen and oxygen atoms in total. The zero-order valence-electron chi connectivity index (χ0n) is 15.8. The highest BCUT2D eigenvalue weighted by atomic mass is 15.3. The maximum atomic E-state index is 4.69. The number of guanidine groups is 1. The quantitative estimate of drug-likeness (QED) is 0.443. The Morgan fingerprint density at radius 2 is 2.04 bits per heavy atom. The number of aliphatic imine (C=N–C) groups is 1. The number of nitrogens with one attached hydrogen (secondary N) is 2. The molecule has 2 N–H and O–H groups in total. The highest BCUT2D eigenvalue weighted by molar-refractivity contribution is 5.79. The monoisotopic (exact) mass is 347 g/mol. The van der Waals surface area contributed by atoms with Gasteiger partial charge in [-0.1, -0.05) is 6.92 Å². The summed E-state index contributed by atoms with van der Waals surface area (Å²) in [4.78, 5) is 7.27. The first-order chi connectivity index (χ1) is 12.3. The number of piperidine rings is 1. The second kappa shape index (κ2) is 9.17. The molecule has 1 fully saturated rings. The number of rotatable bonds is 7. The van der Waals surface area contributed by atoms with Gasteiger partial charge in [0.05, 0.1) is 0 Å². The molecule has 0 saturated carbocycles. The predicted molar refractivity (Wildman–Crippen MR) is 101 cm³/mol. The van der Waals surface area contributed by atoms with Crippen LogP contribution >= 0.6 is 0 Å². The summed E-state index contributed by atoms with van der Waals surface area (Å²) < 4.78 is 2.21. The molecular formula is C18H33N7. The van der Waals surface area contributed by atoms with E-state index in [1.807, 2.05) is 0 Å². The van der Waals surface area contributed by atoms with E-state index in [1.54, 1.807) is 0 Å². The van der Waals surface area contributed by atoms with Gasteiger partial charge in [0.1, 0.15) is 12.4 Å². The van der Waals surface area contributed by atoms with Crippen LogP contribution in [-0.4, -0.2) is 58.3 Å². The van der Waals surface area contributed by atoms with Crippen LogP contribution in [0.25, 0.3) is 0 Å². The van der Waals surface area contributed by atoms with Crippen molar-refractivity contribution in [3.05, 3.63) is 11.6 Å². The van der Waals surface area contributed by atoms with Crippen molar-refractivity contribution in [2.45, 2.75) is 59.0 Å². The second-order valence-corrected chi connectivity index (χ2v) is 7.29. The van der Waals surface area contributed by atoms with Crippen molar-refractivity contribution in [3.63, 3.8) is 0 Å². The lowest BCUT2D eigenvalue weighted by molar-refractivity contribution is 0.191. The van der Waals surface area contributed by atoms with Gasteiger partial charge < -0.3 is 20.1 Å². The third-order valence-corrected chi connectivity index (χ3v) is 5.23. The topological polar surface area (TPSA) is 70.4 Å². The Bertz CT molecular complexity index is 558. The molecule has 3 heterocycles. The molecule has 1 aromatic heterocycles. The minimum atomic E-state index is 0.590. The van der Waals surface area contributed by atoms with E-state index in [0.29, 0.717) is 6.54 Å². The largest absolute Gasteiger partial charge is 0.357 e. The molecule has 0 spiro atoms. The van der Waals surface area contributed by atoms with Gasteiger partial charge in [0.15, 0.2) is 11.8 Å². The summed E-state index contributed by atoms with van der Waals surface area (Å²) in [5, 5.41) is 15.3. The normalized spacial score (nSPS) is 19.2. The molecule has 7 heteroatoms. The molecule has 0 radical (unpaired) electrons. The summed E-state index contributed by atoms with van der Waals surface area (Å²) in [5.41, 5.74) is 0. The van der Waals surface area contributed by atoms with Crippen LogP contribution in [0.4, 0.5) is 0 Å². The third-order valence-electron chi connectivity index (χ3n) is 5.23. The predicted octanol–water partition coefficient (Wildman–Crippen LogP) is 1.40. The molecule has 2 aliphatic rings. The molecule has 25 heavy (non-hydrogen) atoms. The smallest absolute Gasteiger partial charge is 0.191 e. The van der Waals surface area contributed by atoms with Crippen LogP contribution in [0, 0.1) is 5.92 Å². The fourth-order valence-corrected chi connectivity index (χ4v) is 3.61. The summed E-state index contributed by atoms with van der Waals surface area (Å²) in [6.07, 6.45) is 6.07. The molecular weight excluding hydrogens is 314 g/mol. The number of aryl methyl sites for hydroxylation is 1. The lowest BCUT2D eigenvalue weighted by atomic mass is 9.99. The van der Waals surface area contributed by atoms with E-state index in [0.717, 1.165) is 56.0 Å². The van der Waals surface area contributed by atoms with E-state index >= 15 is 0 Å². The minimum absolute atomic E-state index is 0.590. The van der Waals surface area contributed by atoms with Gasteiger partial charge in [-0.2, -0.15) is 0 Å². The van der Waals surface area contributed by atoms with E-state index < -0.39 is 0 Å². The Morgan fingerprint density at radius 3 is 2.84 bits per heavy atom. The van der Waals surface area contributed by atoms with Crippen molar-refractivity contribution in [2.24, 2.45) is 10.9 Å². The van der Waals surface area contributed by atoms with Gasteiger partial charge in [0.25, 0.3) is 0 Å². The molecule has 2 aliphatic heterocycles. The van der Waals surface area contributed by atoms with Crippen LogP contribution in [0.3, 0.4) is 0 Å². The second-order valence-electron chi connectivity index (χ2n) is 7.29. The summed E-state index contributed by atoms with van der Waals surface area (Å²) in [5.74, 6) is 3.87. The SMILES string of the molecule is CCNC(=NCc1nnc2n1CCC2)NCCCN1CCC(C)CC1. The molecule has 1 saturated heterocycles. The van der Waals surface area contributed by atoms with E-state index in [-0.39, 0.29) is 0 Å². The van der Waals surface area contributed by atoms with Crippen molar-refractivity contribution in [1.82, 2.24) is 30.3 Å². The summed E-state index contributed by atoms with van der Waals surface area (Å²) >= 11 is 0. The highest BCUT2D eigenvalue weighted by Gasteiger charge is 2.17. The maximum absolute atomic E-state index is 4.69. The van der Waals surface area contributed by atoms with Crippen molar-refractivity contribution in [3.8, 4) is 0 Å². The summed E-state index contributed by atoms with van der Waals surface area (Å²) in [6, 6.07) is 0. The minimum Gasteiger partial charge on any atom is -0.357 e. The zero-order valence-corrected chi connectivity index (χ0v) is 15.8. The van der Waals surface area contributed by atoms with Gasteiger partial charge >= 0.3 is 0 Å². The molecule has 3 rings (SSSR count). The summed E-state index contributed by atoms with van der Waals surface area (Å²) in [7, 11) is 0. The van der Waals surface area contributed by atoms with Crippen LogP contribution in [0.5, 0.6) is 0 Å². The van der Waals surface area contributed by atoms with Crippen molar-refractivity contribution >= 4 is 5.96 Å². The molecule has 1 aromatic rings. The van der Waals surface area contributed by atoms with Crippen LogP contribution in [0.2, 0.25) is 0 Å². The van der Waals surface area contributed by atoms with E-state index in [1.165, 1.54) is 38.9 Å². The number of hydrogen-bond donors (Lipinski definition) is 2. The highest BCUT2D eigenvalue weighted by Crippen LogP contribution is 2.16. The average molecular weight is 348 g/mol. The number of likely N-dealkylation sites (tertiary alicyclic amines) is 1. The van der Waals surface area contributed by atoms with E-state index in [9.17, 15) is 0 Å². The lowest BCUT2D eigenvalue weighted by Crippen LogP contribution is -2.39. The lowest BCUT2D eigenvalue weighted by Gasteiger charge is -2.30. The number of nitrogens with zero attached hydrogens (tertiary/aromatic N) is 5. The Hall–Kier alpha value is -1.63. The molecule has 0 aromatic carbocycles. The van der Waals surface area contributed by atoms with Crippen molar-refractivity contribution in [1.29, 1.82) is 0 Å². The van der Waals surface area contributed by atoms with Crippen LogP contribution in [0.1, 0.15) is 51.2 Å². The fourth-order valence-electron chi connectivity index (χ4n) is 3.61. The number of hydrogen-bond acceptors (Lipinski definition) is 4. The standard InChI is InChI=1S/C18H33N7/c1-3-19-18(20-9-5-10-24-12-7-15(2)8-13-24)21-14-17-23-22-16-6-4-11-25(16)17/h15H,3-14H2,1-2H3,(H2,19,20,21). The van der Waals surface area contributed by atoms with Gasteiger partial charge in [-0.25, -0.2) is 4.99 Å². The van der Waals surface area contributed by atoms with E-state index in [4.69, 9.17) is 0 Å². The van der Waals surface area contributed by atoms with Gasteiger partial charge in [0.2, 0.25) is 0 Å². The van der Waals surface area contributed by atoms with Gasteiger partial charge in [-0.05, 0) is 58.2 Å². The Morgan fingerprint density at radius 1 is 1.20 bits per heavy atom. The molecule has 0 aliphatic carbocycles. The third kappa shape index (κ3) is 5.17. The van der Waals surface area contributed by atoms with Gasteiger partial charge in [-0.15, -0.1) is 10.2 Å². The van der Waals surface area contributed by atoms with Crippen LogP contribution in [-0.2, 0) is 19.5 Å². The average Bonchev–Trinajstić information content (AvgIpc) is 3.22. The zero-order chi connectivity index (χ0) is 17.5. The Kier molecular flexibility index (Phi) is 6.67. The first kappa shape index (κ1) is 18.2. The molecule has 0 atom stereocenters. The Balaban J connectivity index is 1.41. The number of fused-ring (bicyclic) bond motifs is 1. The molecule has 0 amide bonds. The number of aromatic nitrogens is 3. The summed E-state index contributed by atoms with van der Waals surface area (Å²) in [6.45, 7) is 11.6.